The molecule has 0 fully saturated rings. The van der Waals surface area contributed by atoms with E-state index in [0.29, 0.717) is 11.8 Å². The fourth-order valence-electron chi connectivity index (χ4n) is 1.52. The van der Waals surface area contributed by atoms with Crippen LogP contribution in [-0.4, -0.2) is 32.0 Å². The lowest BCUT2D eigenvalue weighted by Gasteiger charge is -2.18. The average molecular weight is 331 g/mol. The molecule has 0 saturated carbocycles. The van der Waals surface area contributed by atoms with E-state index < -0.39 is 26.1 Å². The van der Waals surface area contributed by atoms with E-state index in [9.17, 15) is 26.0 Å². The molecule has 0 spiro atoms. The summed E-state index contributed by atoms with van der Waals surface area (Å²) < 4.78 is 73.7. The second kappa shape index (κ2) is 6.21. The summed E-state index contributed by atoms with van der Waals surface area (Å²) in [6, 6.07) is 2.00. The summed E-state index contributed by atoms with van der Waals surface area (Å²) in [5.41, 5.74) is -5.73. The molecule has 1 atom stereocenters. The Hall–Kier alpha value is -0.960. The molecule has 0 saturated heterocycles. The van der Waals surface area contributed by atoms with Crippen LogP contribution in [0.2, 0.25) is 0 Å². The van der Waals surface area contributed by atoms with E-state index in [0.717, 1.165) is 12.1 Å². The molecule has 9 heteroatoms. The number of rotatable bonds is 5. The molecule has 0 aliphatic carbocycles. The van der Waals surface area contributed by atoms with Crippen LogP contribution in [0.15, 0.2) is 23.1 Å². The van der Waals surface area contributed by atoms with Crippen LogP contribution in [-0.2, 0) is 9.84 Å². The first kappa shape index (κ1) is 17.1. The zero-order chi connectivity index (χ0) is 15.6. The summed E-state index contributed by atoms with van der Waals surface area (Å²) in [5, 5.41) is 2.65. The standard InChI is InChI=1S/C11H13F4NO2S2/c1-7(6-19-2)16-9-4-3-8(12)5-10(9)20(17,18)11(13,14)15/h3-5,7,16H,6H2,1-2H3. The number of thioether (sulfide) groups is 1. The highest BCUT2D eigenvalue weighted by molar-refractivity contribution is 7.98. The van der Waals surface area contributed by atoms with Crippen molar-refractivity contribution in [2.45, 2.75) is 23.4 Å². The third kappa shape index (κ3) is 3.78. The Kier molecular flexibility index (Phi) is 5.31. The number of anilines is 1. The highest BCUT2D eigenvalue weighted by Gasteiger charge is 2.48. The van der Waals surface area contributed by atoms with E-state index in [4.69, 9.17) is 0 Å². The summed E-state index contributed by atoms with van der Waals surface area (Å²) in [7, 11) is -5.60. The lowest BCUT2D eigenvalue weighted by Crippen LogP contribution is -2.26. The Morgan fingerprint density at radius 2 is 1.95 bits per heavy atom. The van der Waals surface area contributed by atoms with Crippen LogP contribution in [0.4, 0.5) is 23.2 Å². The molecule has 1 N–H and O–H groups in total. The van der Waals surface area contributed by atoms with Gasteiger partial charge in [-0.3, -0.25) is 0 Å². The lowest BCUT2D eigenvalue weighted by molar-refractivity contribution is -0.0435. The molecule has 1 aromatic carbocycles. The van der Waals surface area contributed by atoms with Crippen molar-refractivity contribution in [1.29, 1.82) is 0 Å². The monoisotopic (exact) mass is 331 g/mol. The molecule has 0 aromatic heterocycles. The second-order valence-corrected chi connectivity index (χ2v) is 6.91. The molecule has 1 aromatic rings. The Bertz CT molecular complexity index is 572. The molecule has 0 radical (unpaired) electrons. The molecule has 0 bridgehead atoms. The fraction of sp³-hybridized carbons (Fsp3) is 0.455. The molecule has 3 nitrogen and oxygen atoms in total. The Labute approximate surface area is 118 Å². The number of halogens is 4. The summed E-state index contributed by atoms with van der Waals surface area (Å²) in [5.74, 6) is -0.487. The van der Waals surface area contributed by atoms with Crippen LogP contribution in [0.1, 0.15) is 6.92 Å². The lowest BCUT2D eigenvalue weighted by atomic mass is 10.3. The molecule has 1 rings (SSSR count). The number of nitrogens with one attached hydrogen (secondary N) is 1. The molecule has 0 aliphatic heterocycles. The maximum absolute atomic E-state index is 13.1. The van der Waals surface area contributed by atoms with Crippen molar-refractivity contribution in [2.24, 2.45) is 0 Å². The SMILES string of the molecule is CSCC(C)Nc1ccc(F)cc1S(=O)(=O)C(F)(F)F. The summed E-state index contributed by atoms with van der Waals surface area (Å²) in [6.45, 7) is 1.68. The third-order valence-electron chi connectivity index (χ3n) is 2.36. The van der Waals surface area contributed by atoms with E-state index in [1.54, 1.807) is 13.2 Å². The highest BCUT2D eigenvalue weighted by atomic mass is 32.2. The first-order valence-electron chi connectivity index (χ1n) is 5.46. The molecule has 0 heterocycles. The number of sulfone groups is 1. The van der Waals surface area contributed by atoms with E-state index in [1.165, 1.54) is 11.8 Å². The van der Waals surface area contributed by atoms with Crippen molar-refractivity contribution >= 4 is 27.3 Å². The van der Waals surface area contributed by atoms with E-state index >= 15 is 0 Å². The predicted molar refractivity (Wildman–Crippen MR) is 71.1 cm³/mol. The van der Waals surface area contributed by atoms with Gasteiger partial charge in [-0.15, -0.1) is 0 Å². The largest absolute Gasteiger partial charge is 0.501 e. The maximum atomic E-state index is 13.1. The maximum Gasteiger partial charge on any atom is 0.501 e. The summed E-state index contributed by atoms with van der Waals surface area (Å²) >= 11 is 1.44. The van der Waals surface area contributed by atoms with Gasteiger partial charge < -0.3 is 5.32 Å². The van der Waals surface area contributed by atoms with E-state index in [1.807, 2.05) is 0 Å². The van der Waals surface area contributed by atoms with Gasteiger partial charge in [-0.2, -0.15) is 24.9 Å². The van der Waals surface area contributed by atoms with Crippen LogP contribution in [0.25, 0.3) is 0 Å². The van der Waals surface area contributed by atoms with Crippen molar-refractivity contribution in [3.63, 3.8) is 0 Å². The molecule has 0 amide bonds. The van der Waals surface area contributed by atoms with Gasteiger partial charge in [0, 0.05) is 11.8 Å². The predicted octanol–water partition coefficient (Wildman–Crippen LogP) is 3.28. The zero-order valence-corrected chi connectivity index (χ0v) is 12.3. The molecular formula is C11H13F4NO2S2. The molecule has 20 heavy (non-hydrogen) atoms. The number of hydrogen-bond acceptors (Lipinski definition) is 4. The van der Waals surface area contributed by atoms with E-state index in [-0.39, 0.29) is 11.7 Å². The third-order valence-corrected chi connectivity index (χ3v) is 4.72. The molecule has 114 valence electrons. The van der Waals surface area contributed by atoms with Crippen molar-refractivity contribution in [3.8, 4) is 0 Å². The van der Waals surface area contributed by atoms with Crippen LogP contribution in [0, 0.1) is 5.82 Å². The van der Waals surface area contributed by atoms with Crippen molar-refractivity contribution < 1.29 is 26.0 Å². The van der Waals surface area contributed by atoms with Gasteiger partial charge in [-0.05, 0) is 31.4 Å². The van der Waals surface area contributed by atoms with Crippen molar-refractivity contribution in [1.82, 2.24) is 0 Å². The van der Waals surface area contributed by atoms with E-state index in [2.05, 4.69) is 5.32 Å². The van der Waals surface area contributed by atoms with Crippen molar-refractivity contribution in [3.05, 3.63) is 24.0 Å². The van der Waals surface area contributed by atoms with Crippen molar-refractivity contribution in [2.75, 3.05) is 17.3 Å². The van der Waals surface area contributed by atoms with Gasteiger partial charge in [0.1, 0.15) is 10.7 Å². The molecular weight excluding hydrogens is 318 g/mol. The zero-order valence-electron chi connectivity index (χ0n) is 10.7. The van der Waals surface area contributed by atoms with Gasteiger partial charge in [-0.25, -0.2) is 12.8 Å². The minimum Gasteiger partial charge on any atom is -0.381 e. The van der Waals surface area contributed by atoms with Gasteiger partial charge in [0.15, 0.2) is 0 Å². The number of hydrogen-bond donors (Lipinski definition) is 1. The van der Waals surface area contributed by atoms with Crippen LogP contribution >= 0.6 is 11.8 Å². The Morgan fingerprint density at radius 1 is 1.35 bits per heavy atom. The molecule has 1 unspecified atom stereocenters. The smallest absolute Gasteiger partial charge is 0.381 e. The minimum atomic E-state index is -5.60. The highest BCUT2D eigenvalue weighted by Crippen LogP contribution is 2.35. The normalized spacial score (nSPS) is 14.1. The van der Waals surface area contributed by atoms with Gasteiger partial charge >= 0.3 is 5.51 Å². The Balaban J connectivity index is 3.29. The van der Waals surface area contributed by atoms with Gasteiger partial charge in [0.05, 0.1) is 5.69 Å². The Morgan fingerprint density at radius 3 is 2.45 bits per heavy atom. The topological polar surface area (TPSA) is 46.2 Å². The van der Waals surface area contributed by atoms with Crippen LogP contribution in [0.3, 0.4) is 0 Å². The fourth-order valence-corrected chi connectivity index (χ4v) is 3.04. The molecule has 0 aliphatic rings. The number of alkyl halides is 3. The summed E-state index contributed by atoms with van der Waals surface area (Å²) in [4.78, 5) is -1.10. The minimum absolute atomic E-state index is 0.259. The number of benzene rings is 1. The first-order valence-corrected chi connectivity index (χ1v) is 8.33. The van der Waals surface area contributed by atoms with Crippen LogP contribution < -0.4 is 5.32 Å². The van der Waals surface area contributed by atoms with Gasteiger partial charge in [0.2, 0.25) is 0 Å². The van der Waals surface area contributed by atoms with Gasteiger partial charge in [0.25, 0.3) is 9.84 Å². The van der Waals surface area contributed by atoms with Crippen LogP contribution in [0.5, 0.6) is 0 Å². The summed E-state index contributed by atoms with van der Waals surface area (Å²) in [6.07, 6.45) is 1.80. The van der Waals surface area contributed by atoms with Gasteiger partial charge in [-0.1, -0.05) is 0 Å². The first-order chi connectivity index (χ1) is 9.09. The quantitative estimate of drug-likeness (QED) is 0.841. The second-order valence-electron chi connectivity index (χ2n) is 4.09. The average Bonchev–Trinajstić information content (AvgIpc) is 2.30.